The zero-order valence-corrected chi connectivity index (χ0v) is 12.8. The van der Waals surface area contributed by atoms with Crippen LogP contribution in [-0.2, 0) is 17.6 Å². The van der Waals surface area contributed by atoms with E-state index in [0.717, 1.165) is 34.7 Å². The molecule has 5 nitrogen and oxygen atoms in total. The van der Waals surface area contributed by atoms with E-state index in [9.17, 15) is 4.79 Å². The maximum atomic E-state index is 11.6. The van der Waals surface area contributed by atoms with Crippen molar-refractivity contribution < 1.29 is 4.79 Å². The van der Waals surface area contributed by atoms with Gasteiger partial charge in [-0.15, -0.1) is 11.3 Å². The fourth-order valence-corrected chi connectivity index (χ4v) is 4.03. The van der Waals surface area contributed by atoms with E-state index in [4.69, 9.17) is 0 Å². The van der Waals surface area contributed by atoms with Crippen LogP contribution in [0.25, 0.3) is 10.2 Å². The number of rotatable bonds is 3. The summed E-state index contributed by atoms with van der Waals surface area (Å²) in [5, 5.41) is 3.81. The van der Waals surface area contributed by atoms with Gasteiger partial charge in [0.25, 0.3) is 0 Å². The molecule has 0 aromatic carbocycles. The molecule has 2 aromatic heterocycles. The topological polar surface area (TPSA) is 58.1 Å². The smallest absolute Gasteiger partial charge is 0.239 e. The number of carbonyl (C=O) groups excluding carboxylic acids is 1. The number of fused-ring (bicyclic) bond motifs is 3. The normalized spacial score (nSPS) is 13.6. The van der Waals surface area contributed by atoms with E-state index in [1.807, 2.05) is 18.9 Å². The second-order valence-corrected chi connectivity index (χ2v) is 6.24. The summed E-state index contributed by atoms with van der Waals surface area (Å²) in [6.45, 7) is 2.22. The minimum Gasteiger partial charge on any atom is -0.358 e. The minimum absolute atomic E-state index is 0.0104. The Morgan fingerprint density at radius 1 is 1.40 bits per heavy atom. The van der Waals surface area contributed by atoms with Crippen molar-refractivity contribution in [2.75, 3.05) is 25.5 Å². The molecule has 1 amide bonds. The first-order valence-corrected chi connectivity index (χ1v) is 7.62. The van der Waals surface area contributed by atoms with Crippen LogP contribution in [0.4, 0.5) is 5.82 Å². The second kappa shape index (κ2) is 5.01. The number of aryl methyl sites for hydroxylation is 3. The number of carbonyl (C=O) groups is 1. The highest BCUT2D eigenvalue weighted by molar-refractivity contribution is 7.19. The molecular formula is C14H18N4OS. The lowest BCUT2D eigenvalue weighted by atomic mass is 10.2. The zero-order valence-electron chi connectivity index (χ0n) is 12.0. The Morgan fingerprint density at radius 3 is 2.95 bits per heavy atom. The highest BCUT2D eigenvalue weighted by Gasteiger charge is 2.23. The van der Waals surface area contributed by atoms with Gasteiger partial charge in [0.1, 0.15) is 16.5 Å². The molecule has 106 valence electrons. The highest BCUT2D eigenvalue weighted by atomic mass is 32.1. The predicted octanol–water partition coefficient (Wildman–Crippen LogP) is 1.67. The van der Waals surface area contributed by atoms with Crippen molar-refractivity contribution in [3.05, 3.63) is 16.3 Å². The maximum absolute atomic E-state index is 11.6. The Morgan fingerprint density at radius 2 is 2.20 bits per heavy atom. The third-order valence-corrected chi connectivity index (χ3v) is 4.86. The molecule has 0 bridgehead atoms. The Hall–Kier alpha value is -1.69. The van der Waals surface area contributed by atoms with E-state index < -0.39 is 0 Å². The molecule has 2 heterocycles. The summed E-state index contributed by atoms with van der Waals surface area (Å²) in [6, 6.07) is 0. The summed E-state index contributed by atoms with van der Waals surface area (Å²) < 4.78 is 0. The quantitative estimate of drug-likeness (QED) is 0.934. The molecule has 0 fully saturated rings. The van der Waals surface area contributed by atoms with E-state index in [1.54, 1.807) is 18.4 Å². The van der Waals surface area contributed by atoms with Crippen LogP contribution in [0.5, 0.6) is 0 Å². The summed E-state index contributed by atoms with van der Waals surface area (Å²) in [5.74, 6) is 1.63. The predicted molar refractivity (Wildman–Crippen MR) is 81.5 cm³/mol. The van der Waals surface area contributed by atoms with Crippen LogP contribution in [-0.4, -0.2) is 36.5 Å². The van der Waals surface area contributed by atoms with Crippen molar-refractivity contribution in [1.82, 2.24) is 15.3 Å². The standard InChI is InChI=1S/C14H18N4OS/c1-8-16-13(18(3)7-11(19)15-2)12-9-5-4-6-10(9)20-14(12)17-8/h4-7H2,1-3H3,(H,15,19). The third kappa shape index (κ3) is 2.14. The van der Waals surface area contributed by atoms with Crippen LogP contribution < -0.4 is 10.2 Å². The number of nitrogens with zero attached hydrogens (tertiary/aromatic N) is 3. The highest BCUT2D eigenvalue weighted by Crippen LogP contribution is 2.40. The van der Waals surface area contributed by atoms with Gasteiger partial charge in [-0.05, 0) is 31.7 Å². The van der Waals surface area contributed by atoms with Gasteiger partial charge in [-0.3, -0.25) is 4.79 Å². The van der Waals surface area contributed by atoms with Crippen LogP contribution in [0.1, 0.15) is 22.7 Å². The van der Waals surface area contributed by atoms with Gasteiger partial charge in [0.15, 0.2) is 0 Å². The molecule has 0 aliphatic heterocycles. The zero-order chi connectivity index (χ0) is 14.3. The summed E-state index contributed by atoms with van der Waals surface area (Å²) in [5.41, 5.74) is 1.39. The molecule has 0 spiro atoms. The molecule has 0 saturated carbocycles. The number of thiophene rings is 1. The summed E-state index contributed by atoms with van der Waals surface area (Å²) in [4.78, 5) is 25.1. The van der Waals surface area contributed by atoms with Crippen molar-refractivity contribution in [3.8, 4) is 0 Å². The first kappa shape index (κ1) is 13.3. The molecule has 3 rings (SSSR count). The summed E-state index contributed by atoms with van der Waals surface area (Å²) >= 11 is 1.78. The number of likely N-dealkylation sites (N-methyl/N-ethyl adjacent to an activating group) is 2. The van der Waals surface area contributed by atoms with Crippen molar-refractivity contribution >= 4 is 33.3 Å². The number of hydrogen-bond donors (Lipinski definition) is 1. The van der Waals surface area contributed by atoms with Crippen LogP contribution in [0, 0.1) is 6.92 Å². The van der Waals surface area contributed by atoms with Gasteiger partial charge in [0, 0.05) is 19.0 Å². The van der Waals surface area contributed by atoms with E-state index in [2.05, 4.69) is 15.3 Å². The second-order valence-electron chi connectivity index (χ2n) is 5.16. The van der Waals surface area contributed by atoms with Crippen molar-refractivity contribution in [2.24, 2.45) is 0 Å². The molecule has 2 aromatic rings. The molecule has 1 aliphatic rings. The number of anilines is 1. The van der Waals surface area contributed by atoms with Gasteiger partial charge in [-0.2, -0.15) is 0 Å². The Kier molecular flexibility index (Phi) is 3.33. The van der Waals surface area contributed by atoms with Crippen molar-refractivity contribution in [1.29, 1.82) is 0 Å². The lowest BCUT2D eigenvalue weighted by Gasteiger charge is -2.19. The van der Waals surface area contributed by atoms with Gasteiger partial charge in [0.2, 0.25) is 5.91 Å². The number of aromatic nitrogens is 2. The Balaban J connectivity index is 2.11. The van der Waals surface area contributed by atoms with Gasteiger partial charge in [-0.1, -0.05) is 0 Å². The lowest BCUT2D eigenvalue weighted by molar-refractivity contribution is -0.119. The maximum Gasteiger partial charge on any atom is 0.239 e. The molecule has 1 N–H and O–H groups in total. The van der Waals surface area contributed by atoms with E-state index in [1.165, 1.54) is 16.9 Å². The number of nitrogens with one attached hydrogen (secondary N) is 1. The minimum atomic E-state index is -0.0104. The Labute approximate surface area is 122 Å². The Bertz CT molecular complexity index is 679. The molecule has 0 atom stereocenters. The average Bonchev–Trinajstić information content (AvgIpc) is 2.97. The van der Waals surface area contributed by atoms with Crippen LogP contribution in [0.15, 0.2) is 0 Å². The molecule has 6 heteroatoms. The lowest BCUT2D eigenvalue weighted by Crippen LogP contribution is -2.33. The van der Waals surface area contributed by atoms with E-state index in [0.29, 0.717) is 6.54 Å². The first-order valence-electron chi connectivity index (χ1n) is 6.80. The van der Waals surface area contributed by atoms with E-state index >= 15 is 0 Å². The third-order valence-electron chi connectivity index (χ3n) is 3.68. The molecule has 1 aliphatic carbocycles. The fraction of sp³-hybridized carbons (Fsp3) is 0.500. The SMILES string of the molecule is CNC(=O)CN(C)c1nc(C)nc2sc3c(c12)CCC3. The fourth-order valence-electron chi connectivity index (χ4n) is 2.73. The van der Waals surface area contributed by atoms with Gasteiger partial charge in [-0.25, -0.2) is 9.97 Å². The molecule has 0 saturated heterocycles. The van der Waals surface area contributed by atoms with Crippen molar-refractivity contribution in [2.45, 2.75) is 26.2 Å². The number of amides is 1. The van der Waals surface area contributed by atoms with Gasteiger partial charge >= 0.3 is 0 Å². The van der Waals surface area contributed by atoms with Crippen LogP contribution in [0.3, 0.4) is 0 Å². The largest absolute Gasteiger partial charge is 0.358 e. The van der Waals surface area contributed by atoms with Crippen LogP contribution in [0.2, 0.25) is 0 Å². The summed E-state index contributed by atoms with van der Waals surface area (Å²) in [7, 11) is 3.56. The average molecular weight is 290 g/mol. The molecular weight excluding hydrogens is 272 g/mol. The molecule has 0 radical (unpaired) electrons. The molecule has 20 heavy (non-hydrogen) atoms. The van der Waals surface area contributed by atoms with Gasteiger partial charge in [0.05, 0.1) is 11.9 Å². The van der Waals surface area contributed by atoms with Crippen molar-refractivity contribution in [3.63, 3.8) is 0 Å². The monoisotopic (exact) mass is 290 g/mol. The van der Waals surface area contributed by atoms with E-state index in [-0.39, 0.29) is 5.91 Å². The number of hydrogen-bond acceptors (Lipinski definition) is 5. The van der Waals surface area contributed by atoms with Crippen LogP contribution >= 0.6 is 11.3 Å². The van der Waals surface area contributed by atoms with Gasteiger partial charge < -0.3 is 10.2 Å². The summed E-state index contributed by atoms with van der Waals surface area (Å²) in [6.07, 6.45) is 3.46. The molecule has 0 unspecified atom stereocenters. The first-order chi connectivity index (χ1) is 9.60.